The number of aliphatic carboxylic acids is 1. The van der Waals surface area contributed by atoms with E-state index < -0.39 is 24.0 Å². The van der Waals surface area contributed by atoms with Crippen LogP contribution in [0.2, 0.25) is 0 Å². The van der Waals surface area contributed by atoms with Crippen molar-refractivity contribution in [3.8, 4) is 5.75 Å². The summed E-state index contributed by atoms with van der Waals surface area (Å²) >= 11 is 3.37. The average molecular weight is 374 g/mol. The molecule has 0 bridgehead atoms. The number of methoxy groups -OCH3 is 1. The van der Waals surface area contributed by atoms with Gasteiger partial charge in [-0.05, 0) is 47.5 Å². The number of ether oxygens (including phenoxy) is 2. The lowest BCUT2D eigenvalue weighted by Crippen LogP contribution is -2.46. The molecule has 22 heavy (non-hydrogen) atoms. The number of halogens is 1. The number of nitrogens with one attached hydrogen (secondary N) is 1. The van der Waals surface area contributed by atoms with Gasteiger partial charge in [-0.2, -0.15) is 0 Å². The Labute approximate surface area is 137 Å². The normalized spacial score (nSPS) is 13.3. The van der Waals surface area contributed by atoms with E-state index in [1.165, 1.54) is 7.11 Å². The van der Waals surface area contributed by atoms with Crippen molar-refractivity contribution in [2.75, 3.05) is 13.7 Å². The average Bonchev–Trinajstić information content (AvgIpc) is 2.45. The largest absolute Gasteiger partial charge is 0.480 e. The van der Waals surface area contributed by atoms with Crippen LogP contribution in [0.4, 0.5) is 0 Å². The van der Waals surface area contributed by atoms with Gasteiger partial charge >= 0.3 is 5.97 Å². The number of amides is 1. The van der Waals surface area contributed by atoms with Crippen LogP contribution < -0.4 is 10.1 Å². The van der Waals surface area contributed by atoms with Gasteiger partial charge in [0.2, 0.25) is 0 Å². The lowest BCUT2D eigenvalue weighted by atomic mass is 10.2. The van der Waals surface area contributed by atoms with Crippen LogP contribution in [-0.4, -0.2) is 42.8 Å². The van der Waals surface area contributed by atoms with Gasteiger partial charge in [0.25, 0.3) is 5.91 Å². The Balaban J connectivity index is 2.65. The van der Waals surface area contributed by atoms with Crippen molar-refractivity contribution in [1.82, 2.24) is 5.32 Å². The van der Waals surface area contributed by atoms with E-state index in [1.54, 1.807) is 13.0 Å². The predicted molar refractivity (Wildman–Crippen MR) is 85.0 cm³/mol. The number of carboxylic acid groups (broad SMARTS) is 1. The molecule has 0 fully saturated rings. The van der Waals surface area contributed by atoms with Crippen LogP contribution in [0.25, 0.3) is 0 Å². The molecule has 0 aliphatic heterocycles. The number of carbonyl (C=O) groups excluding carboxylic acids is 1. The van der Waals surface area contributed by atoms with Crippen LogP contribution >= 0.6 is 15.9 Å². The molecule has 0 heterocycles. The Morgan fingerprint density at radius 2 is 2.09 bits per heavy atom. The monoisotopic (exact) mass is 373 g/mol. The van der Waals surface area contributed by atoms with Crippen molar-refractivity contribution >= 4 is 27.8 Å². The highest BCUT2D eigenvalue weighted by atomic mass is 79.9. The standard InChI is InChI=1S/C15H20BrNO5/c1-9-4-5-13(11(16)8-9)22-10(2)14(18)17-12(15(19)20)6-7-21-3/h4-5,8,10,12H,6-7H2,1-3H3,(H,17,18)(H,19,20). The number of rotatable bonds is 8. The molecule has 0 aromatic heterocycles. The highest BCUT2D eigenvalue weighted by molar-refractivity contribution is 9.10. The Morgan fingerprint density at radius 3 is 2.64 bits per heavy atom. The van der Waals surface area contributed by atoms with Gasteiger partial charge in [-0.15, -0.1) is 0 Å². The molecule has 1 amide bonds. The number of benzene rings is 1. The van der Waals surface area contributed by atoms with E-state index in [4.69, 9.17) is 14.6 Å². The molecular weight excluding hydrogens is 354 g/mol. The molecule has 0 spiro atoms. The van der Waals surface area contributed by atoms with Gasteiger partial charge in [0, 0.05) is 20.1 Å². The summed E-state index contributed by atoms with van der Waals surface area (Å²) in [5.74, 6) is -1.07. The summed E-state index contributed by atoms with van der Waals surface area (Å²) in [6.07, 6.45) is -0.623. The van der Waals surface area contributed by atoms with Crippen LogP contribution in [-0.2, 0) is 14.3 Å². The van der Waals surface area contributed by atoms with Gasteiger partial charge in [-0.1, -0.05) is 6.07 Å². The molecule has 0 aliphatic rings. The zero-order valence-electron chi connectivity index (χ0n) is 12.8. The maximum Gasteiger partial charge on any atom is 0.326 e. The quantitative estimate of drug-likeness (QED) is 0.728. The topological polar surface area (TPSA) is 84.9 Å². The second kappa shape index (κ2) is 8.75. The second-order valence-electron chi connectivity index (χ2n) is 4.87. The van der Waals surface area contributed by atoms with Gasteiger partial charge in [0.1, 0.15) is 11.8 Å². The summed E-state index contributed by atoms with van der Waals surface area (Å²) in [5.41, 5.74) is 1.06. The summed E-state index contributed by atoms with van der Waals surface area (Å²) in [7, 11) is 1.47. The van der Waals surface area contributed by atoms with Gasteiger partial charge in [0.05, 0.1) is 4.47 Å². The lowest BCUT2D eigenvalue weighted by Gasteiger charge is -2.19. The first-order valence-electron chi connectivity index (χ1n) is 6.80. The molecule has 0 radical (unpaired) electrons. The predicted octanol–water partition coefficient (Wildman–Crippen LogP) is 2.13. The van der Waals surface area contributed by atoms with E-state index in [9.17, 15) is 9.59 Å². The fourth-order valence-corrected chi connectivity index (χ4v) is 2.31. The fraction of sp³-hybridized carbons (Fsp3) is 0.467. The van der Waals surface area contributed by atoms with Gasteiger partial charge in [-0.25, -0.2) is 4.79 Å². The molecule has 1 aromatic rings. The zero-order valence-corrected chi connectivity index (χ0v) is 14.3. The molecule has 0 aliphatic carbocycles. The van der Waals surface area contributed by atoms with E-state index in [1.807, 2.05) is 19.1 Å². The Hall–Kier alpha value is -1.60. The van der Waals surface area contributed by atoms with E-state index in [2.05, 4.69) is 21.2 Å². The fourth-order valence-electron chi connectivity index (χ4n) is 1.73. The maximum atomic E-state index is 12.0. The third kappa shape index (κ3) is 5.65. The van der Waals surface area contributed by atoms with E-state index in [0.717, 1.165) is 10.0 Å². The third-order valence-corrected chi connectivity index (χ3v) is 3.61. The van der Waals surface area contributed by atoms with Crippen molar-refractivity contribution in [1.29, 1.82) is 0 Å². The maximum absolute atomic E-state index is 12.0. The Bertz CT molecular complexity index is 535. The lowest BCUT2D eigenvalue weighted by molar-refractivity contribution is -0.143. The van der Waals surface area contributed by atoms with Crippen molar-refractivity contribution in [2.24, 2.45) is 0 Å². The van der Waals surface area contributed by atoms with E-state index in [0.29, 0.717) is 5.75 Å². The minimum Gasteiger partial charge on any atom is -0.480 e. The van der Waals surface area contributed by atoms with Gasteiger partial charge < -0.3 is 19.9 Å². The summed E-state index contributed by atoms with van der Waals surface area (Å²) in [6.45, 7) is 3.75. The molecule has 0 saturated heterocycles. The summed E-state index contributed by atoms with van der Waals surface area (Å²) in [5, 5.41) is 11.5. The first kappa shape index (κ1) is 18.4. The van der Waals surface area contributed by atoms with Crippen molar-refractivity contribution in [2.45, 2.75) is 32.4 Å². The molecule has 1 rings (SSSR count). The summed E-state index contributed by atoms with van der Waals surface area (Å²) in [4.78, 5) is 23.1. The molecule has 0 saturated carbocycles. The number of carbonyl (C=O) groups is 2. The zero-order chi connectivity index (χ0) is 16.7. The second-order valence-corrected chi connectivity index (χ2v) is 5.73. The van der Waals surface area contributed by atoms with Crippen LogP contribution in [0.5, 0.6) is 5.75 Å². The van der Waals surface area contributed by atoms with Crippen LogP contribution in [0.3, 0.4) is 0 Å². The van der Waals surface area contributed by atoms with Crippen LogP contribution in [0, 0.1) is 6.92 Å². The minimum atomic E-state index is -1.10. The molecule has 2 N–H and O–H groups in total. The third-order valence-electron chi connectivity index (χ3n) is 2.99. The number of carboxylic acids is 1. The molecular formula is C15H20BrNO5. The minimum absolute atomic E-state index is 0.193. The van der Waals surface area contributed by atoms with Crippen molar-refractivity contribution < 1.29 is 24.2 Å². The van der Waals surface area contributed by atoms with E-state index >= 15 is 0 Å². The number of hydrogen-bond donors (Lipinski definition) is 2. The van der Waals surface area contributed by atoms with Crippen LogP contribution in [0.1, 0.15) is 18.9 Å². The summed E-state index contributed by atoms with van der Waals surface area (Å²) < 4.78 is 11.1. The molecule has 122 valence electrons. The number of hydrogen-bond acceptors (Lipinski definition) is 4. The highest BCUT2D eigenvalue weighted by Gasteiger charge is 2.24. The highest BCUT2D eigenvalue weighted by Crippen LogP contribution is 2.26. The molecule has 7 heteroatoms. The van der Waals surface area contributed by atoms with Gasteiger partial charge in [-0.3, -0.25) is 4.79 Å². The SMILES string of the molecule is COCCC(NC(=O)C(C)Oc1ccc(C)cc1Br)C(=O)O. The summed E-state index contributed by atoms with van der Waals surface area (Å²) in [6, 6.07) is 4.49. The smallest absolute Gasteiger partial charge is 0.326 e. The van der Waals surface area contributed by atoms with Crippen LogP contribution in [0.15, 0.2) is 22.7 Å². The van der Waals surface area contributed by atoms with E-state index in [-0.39, 0.29) is 13.0 Å². The van der Waals surface area contributed by atoms with Crippen molar-refractivity contribution in [3.63, 3.8) is 0 Å². The molecule has 1 aromatic carbocycles. The molecule has 6 nitrogen and oxygen atoms in total. The molecule has 2 unspecified atom stereocenters. The van der Waals surface area contributed by atoms with Crippen molar-refractivity contribution in [3.05, 3.63) is 28.2 Å². The first-order valence-corrected chi connectivity index (χ1v) is 7.59. The molecule has 2 atom stereocenters. The first-order chi connectivity index (χ1) is 10.3. The van der Waals surface area contributed by atoms with Gasteiger partial charge in [0.15, 0.2) is 6.10 Å². The Morgan fingerprint density at radius 1 is 1.41 bits per heavy atom. The number of aryl methyl sites for hydroxylation is 1. The Kier molecular flexibility index (Phi) is 7.34.